The van der Waals surface area contributed by atoms with Crippen LogP contribution in [0.2, 0.25) is 0 Å². The minimum absolute atomic E-state index is 0.171. The average Bonchev–Trinajstić information content (AvgIpc) is 1.31. The molecule has 1 heterocycles. The topological polar surface area (TPSA) is 29.5 Å². The molecule has 36 valence electrons. The summed E-state index contributed by atoms with van der Waals surface area (Å²) in [5.41, 5.74) is 0. The second-order valence-electron chi connectivity index (χ2n) is 1.46. The highest BCUT2D eigenvalue weighted by Gasteiger charge is 2.15. The molecule has 0 radical (unpaired) electrons. The smallest absolute Gasteiger partial charge is 0.0827 e. The van der Waals surface area contributed by atoms with Crippen LogP contribution < -0.4 is 0 Å². The van der Waals surface area contributed by atoms with Gasteiger partial charge in [-0.1, -0.05) is 0 Å². The highest BCUT2D eigenvalue weighted by Crippen LogP contribution is 2.07. The molecule has 1 fully saturated rings. The second-order valence-corrected chi connectivity index (χ2v) is 1.46. The summed E-state index contributed by atoms with van der Waals surface area (Å²) < 4.78 is 4.83. The van der Waals surface area contributed by atoms with E-state index in [1.807, 2.05) is 0 Å². The number of aliphatic hydroxyl groups is 1. The minimum Gasteiger partial charge on any atom is -0.394 e. The van der Waals surface area contributed by atoms with Crippen molar-refractivity contribution < 1.29 is 9.84 Å². The Balaban J connectivity index is 2.01. The van der Waals surface area contributed by atoms with Crippen LogP contribution in [0.15, 0.2) is 0 Å². The van der Waals surface area contributed by atoms with E-state index in [-0.39, 0.29) is 12.7 Å². The molecule has 0 aliphatic carbocycles. The molecule has 1 aliphatic heterocycles. The lowest BCUT2D eigenvalue weighted by Crippen LogP contribution is -2.29. The van der Waals surface area contributed by atoms with E-state index in [4.69, 9.17) is 9.84 Å². The molecule has 0 aromatic carbocycles. The molecule has 0 aromatic rings. The van der Waals surface area contributed by atoms with Gasteiger partial charge in [0.25, 0.3) is 0 Å². The van der Waals surface area contributed by atoms with Crippen LogP contribution in [-0.4, -0.2) is 24.4 Å². The van der Waals surface area contributed by atoms with Crippen molar-refractivity contribution >= 4 is 0 Å². The summed E-state index contributed by atoms with van der Waals surface area (Å²) in [7, 11) is 0. The fourth-order valence-corrected chi connectivity index (χ4v) is 0.429. The third-order valence-corrected chi connectivity index (χ3v) is 0.997. The summed E-state index contributed by atoms with van der Waals surface area (Å²) in [4.78, 5) is 0. The monoisotopic (exact) mass is 88.1 g/mol. The lowest BCUT2D eigenvalue weighted by Gasteiger charge is -2.23. The maximum atomic E-state index is 8.26. The van der Waals surface area contributed by atoms with Crippen LogP contribution in [0.4, 0.5) is 0 Å². The van der Waals surface area contributed by atoms with E-state index in [0.717, 1.165) is 13.0 Å². The Kier molecular flexibility index (Phi) is 1.08. The Morgan fingerprint density at radius 3 is 2.50 bits per heavy atom. The molecule has 2 nitrogen and oxygen atoms in total. The molecule has 1 N–H and O–H groups in total. The molecular weight excluding hydrogens is 80.0 g/mol. The van der Waals surface area contributed by atoms with Crippen molar-refractivity contribution in [2.24, 2.45) is 0 Å². The predicted molar refractivity (Wildman–Crippen MR) is 21.4 cm³/mol. The van der Waals surface area contributed by atoms with Gasteiger partial charge in [0.05, 0.1) is 12.7 Å². The fraction of sp³-hybridized carbons (Fsp3) is 1.00. The lowest BCUT2D eigenvalue weighted by atomic mass is 10.2. The number of aliphatic hydroxyl groups excluding tert-OH is 1. The zero-order chi connectivity index (χ0) is 4.41. The third-order valence-electron chi connectivity index (χ3n) is 0.997. The number of hydrogen-bond donors (Lipinski definition) is 1. The van der Waals surface area contributed by atoms with Gasteiger partial charge in [-0.15, -0.1) is 0 Å². The molecule has 2 heteroatoms. The number of hydrogen-bond acceptors (Lipinski definition) is 2. The van der Waals surface area contributed by atoms with Crippen LogP contribution in [0.25, 0.3) is 0 Å². The van der Waals surface area contributed by atoms with Crippen LogP contribution in [0.1, 0.15) is 6.42 Å². The van der Waals surface area contributed by atoms with Gasteiger partial charge >= 0.3 is 0 Å². The van der Waals surface area contributed by atoms with Crippen molar-refractivity contribution in [1.29, 1.82) is 0 Å². The van der Waals surface area contributed by atoms with E-state index in [1.165, 1.54) is 0 Å². The Labute approximate surface area is 36.7 Å². The highest BCUT2D eigenvalue weighted by molar-refractivity contribution is 4.62. The molecule has 1 atom stereocenters. The van der Waals surface area contributed by atoms with Crippen LogP contribution in [0.3, 0.4) is 0 Å². The van der Waals surface area contributed by atoms with E-state index in [2.05, 4.69) is 0 Å². The van der Waals surface area contributed by atoms with Gasteiger partial charge in [-0.3, -0.25) is 0 Å². The highest BCUT2D eigenvalue weighted by atomic mass is 16.5. The van der Waals surface area contributed by atoms with Crippen molar-refractivity contribution in [3.8, 4) is 0 Å². The van der Waals surface area contributed by atoms with Crippen LogP contribution in [0.5, 0.6) is 0 Å². The first kappa shape index (κ1) is 4.09. The first-order chi connectivity index (χ1) is 2.93. The number of ether oxygens (including phenoxy) is 1. The normalized spacial score (nSPS) is 32.5. The Hall–Kier alpha value is -0.0800. The molecule has 0 unspecified atom stereocenters. The molecule has 0 saturated carbocycles. The van der Waals surface area contributed by atoms with Crippen molar-refractivity contribution in [3.63, 3.8) is 0 Å². The Bertz CT molecular complexity index is 38.1. The van der Waals surface area contributed by atoms with Crippen molar-refractivity contribution in [2.45, 2.75) is 12.5 Å². The zero-order valence-electron chi connectivity index (χ0n) is 3.55. The van der Waals surface area contributed by atoms with Crippen molar-refractivity contribution in [3.05, 3.63) is 0 Å². The summed E-state index contributed by atoms with van der Waals surface area (Å²) in [5.74, 6) is 0. The molecule has 1 rings (SSSR count). The van der Waals surface area contributed by atoms with Crippen LogP contribution >= 0.6 is 0 Å². The predicted octanol–water partition coefficient (Wildman–Crippen LogP) is -0.232. The third kappa shape index (κ3) is 0.533. The van der Waals surface area contributed by atoms with Gasteiger partial charge in [-0.2, -0.15) is 0 Å². The zero-order valence-corrected chi connectivity index (χ0v) is 3.55. The average molecular weight is 88.1 g/mol. The molecule has 0 aromatic heterocycles. The Morgan fingerprint density at radius 2 is 2.50 bits per heavy atom. The summed E-state index contributed by atoms with van der Waals surface area (Å²) >= 11 is 0. The summed E-state index contributed by atoms with van der Waals surface area (Å²) in [5, 5.41) is 8.26. The van der Waals surface area contributed by atoms with E-state index in [0.29, 0.717) is 0 Å². The van der Waals surface area contributed by atoms with Gasteiger partial charge in [0.1, 0.15) is 0 Å². The summed E-state index contributed by atoms with van der Waals surface area (Å²) in [6.07, 6.45) is 1.21. The van der Waals surface area contributed by atoms with Crippen molar-refractivity contribution in [2.75, 3.05) is 13.2 Å². The summed E-state index contributed by atoms with van der Waals surface area (Å²) in [6, 6.07) is 0. The quantitative estimate of drug-likeness (QED) is 0.479. The Morgan fingerprint density at radius 1 is 1.83 bits per heavy atom. The van der Waals surface area contributed by atoms with Gasteiger partial charge in [0, 0.05) is 6.61 Å². The fourth-order valence-electron chi connectivity index (χ4n) is 0.429. The van der Waals surface area contributed by atoms with E-state index >= 15 is 0 Å². The van der Waals surface area contributed by atoms with Gasteiger partial charge in [-0.05, 0) is 6.42 Å². The van der Waals surface area contributed by atoms with Gasteiger partial charge in [0.2, 0.25) is 0 Å². The van der Waals surface area contributed by atoms with E-state index in [1.54, 1.807) is 0 Å². The van der Waals surface area contributed by atoms with Gasteiger partial charge in [0.15, 0.2) is 0 Å². The maximum absolute atomic E-state index is 8.26. The van der Waals surface area contributed by atoms with Crippen LogP contribution in [-0.2, 0) is 4.74 Å². The van der Waals surface area contributed by atoms with Gasteiger partial charge < -0.3 is 9.84 Å². The SMILES string of the molecule is OC[C@H]1CCO1. The molecular formula is C4H8O2. The standard InChI is InChI=1S/C4H8O2/c5-3-4-1-2-6-4/h4-5H,1-3H2/t4-/m1/s1. The molecule has 1 saturated heterocycles. The molecule has 6 heavy (non-hydrogen) atoms. The molecule has 1 aliphatic rings. The second kappa shape index (κ2) is 1.58. The maximum Gasteiger partial charge on any atom is 0.0827 e. The molecule has 0 spiro atoms. The first-order valence-corrected chi connectivity index (χ1v) is 2.16. The van der Waals surface area contributed by atoms with Crippen LogP contribution in [0, 0.1) is 0 Å². The summed E-state index contributed by atoms with van der Waals surface area (Å²) in [6.45, 7) is 1.03. The van der Waals surface area contributed by atoms with Gasteiger partial charge in [-0.25, -0.2) is 0 Å². The molecule has 0 amide bonds. The first-order valence-electron chi connectivity index (χ1n) is 2.16. The minimum atomic E-state index is 0.171. The largest absolute Gasteiger partial charge is 0.394 e. The molecule has 0 bridgehead atoms. The van der Waals surface area contributed by atoms with E-state index in [9.17, 15) is 0 Å². The number of rotatable bonds is 1. The van der Waals surface area contributed by atoms with Crippen molar-refractivity contribution in [1.82, 2.24) is 0 Å². The lowest BCUT2D eigenvalue weighted by molar-refractivity contribution is -0.0773. The van der Waals surface area contributed by atoms with E-state index < -0.39 is 0 Å².